The highest BCUT2D eigenvalue weighted by Gasteiger charge is 1.95. The molecule has 1 heterocycles. The van der Waals surface area contributed by atoms with E-state index in [9.17, 15) is 0 Å². The zero-order valence-electron chi connectivity index (χ0n) is 5.27. The monoisotopic (exact) mass is 126 g/mol. The van der Waals surface area contributed by atoms with Gasteiger partial charge in [-0.15, -0.1) is 11.8 Å². The number of hydrogen-bond donors (Lipinski definition) is 0. The van der Waals surface area contributed by atoms with Crippen LogP contribution in [0, 0.1) is 0 Å². The van der Waals surface area contributed by atoms with E-state index in [2.05, 4.69) is 25.3 Å². The van der Waals surface area contributed by atoms with Crippen LogP contribution in [0.15, 0.2) is 22.6 Å². The lowest BCUT2D eigenvalue weighted by molar-refractivity contribution is 1.35. The molecule has 1 rings (SSSR count). The van der Waals surface area contributed by atoms with Gasteiger partial charge in [0.05, 0.1) is 0 Å². The van der Waals surface area contributed by atoms with Crippen LogP contribution in [0.2, 0.25) is 0 Å². The molecule has 0 atom stereocenters. The van der Waals surface area contributed by atoms with Gasteiger partial charge in [-0.05, 0) is 24.8 Å². The Hall–Kier alpha value is -0.170. The van der Waals surface area contributed by atoms with Crippen LogP contribution in [0.4, 0.5) is 0 Å². The summed E-state index contributed by atoms with van der Waals surface area (Å²) in [5.41, 5.74) is 2.87. The van der Waals surface area contributed by atoms with E-state index in [0.717, 1.165) is 0 Å². The molecule has 0 unspecified atom stereocenters. The zero-order chi connectivity index (χ0) is 5.98. The van der Waals surface area contributed by atoms with Crippen molar-refractivity contribution in [3.63, 3.8) is 0 Å². The van der Waals surface area contributed by atoms with Gasteiger partial charge in [-0.3, -0.25) is 0 Å². The van der Waals surface area contributed by atoms with Gasteiger partial charge in [0.15, 0.2) is 0 Å². The predicted octanol–water partition coefficient (Wildman–Crippen LogP) is 2.58. The standard InChI is InChI=1S/C7H10S/c1-6-3-7(2)5-8-4-6/h3-4H,5H2,1-2H3. The first-order valence-corrected chi connectivity index (χ1v) is 3.79. The highest BCUT2D eigenvalue weighted by atomic mass is 32.2. The third-order valence-corrected chi connectivity index (χ3v) is 2.21. The van der Waals surface area contributed by atoms with Gasteiger partial charge in [-0.1, -0.05) is 11.6 Å². The van der Waals surface area contributed by atoms with Crippen LogP contribution in [-0.4, -0.2) is 5.75 Å². The molecule has 0 nitrogen and oxygen atoms in total. The Morgan fingerprint density at radius 3 is 2.62 bits per heavy atom. The van der Waals surface area contributed by atoms with Crippen LogP contribution in [0.5, 0.6) is 0 Å². The van der Waals surface area contributed by atoms with Crippen LogP contribution in [0.25, 0.3) is 0 Å². The molecule has 0 aliphatic carbocycles. The van der Waals surface area contributed by atoms with Crippen molar-refractivity contribution in [3.8, 4) is 0 Å². The molecule has 0 N–H and O–H groups in total. The van der Waals surface area contributed by atoms with Crippen molar-refractivity contribution in [1.29, 1.82) is 0 Å². The number of allylic oxidation sites excluding steroid dienone is 2. The highest BCUT2D eigenvalue weighted by molar-refractivity contribution is 8.02. The summed E-state index contributed by atoms with van der Waals surface area (Å²) in [4.78, 5) is 0. The minimum absolute atomic E-state index is 1.18. The summed E-state index contributed by atoms with van der Waals surface area (Å²) >= 11 is 1.88. The van der Waals surface area contributed by atoms with Crippen LogP contribution >= 0.6 is 11.8 Å². The second-order valence-electron chi connectivity index (χ2n) is 2.16. The van der Waals surface area contributed by atoms with Crippen LogP contribution < -0.4 is 0 Å². The first-order chi connectivity index (χ1) is 3.79. The topological polar surface area (TPSA) is 0 Å². The summed E-state index contributed by atoms with van der Waals surface area (Å²) in [5.74, 6) is 1.18. The number of hydrogen-bond acceptors (Lipinski definition) is 1. The quantitative estimate of drug-likeness (QED) is 0.480. The third-order valence-electron chi connectivity index (χ3n) is 1.05. The van der Waals surface area contributed by atoms with Gasteiger partial charge in [-0.25, -0.2) is 0 Å². The van der Waals surface area contributed by atoms with E-state index in [-0.39, 0.29) is 0 Å². The Labute approximate surface area is 54.7 Å². The summed E-state index contributed by atoms with van der Waals surface area (Å²) in [7, 11) is 0. The van der Waals surface area contributed by atoms with Gasteiger partial charge in [0.1, 0.15) is 0 Å². The maximum absolute atomic E-state index is 2.23. The molecule has 1 aliphatic heterocycles. The summed E-state index contributed by atoms with van der Waals surface area (Å²) in [5, 5.41) is 2.20. The molecule has 0 saturated carbocycles. The molecule has 0 aromatic heterocycles. The van der Waals surface area contributed by atoms with E-state index in [1.165, 1.54) is 16.9 Å². The molecule has 44 valence electrons. The van der Waals surface area contributed by atoms with E-state index >= 15 is 0 Å². The van der Waals surface area contributed by atoms with Gasteiger partial charge in [0.2, 0.25) is 0 Å². The van der Waals surface area contributed by atoms with Crippen molar-refractivity contribution >= 4 is 11.8 Å². The van der Waals surface area contributed by atoms with E-state index in [1.807, 2.05) is 11.8 Å². The molecule has 0 saturated heterocycles. The molecule has 0 radical (unpaired) electrons. The second-order valence-corrected chi connectivity index (χ2v) is 3.02. The lowest BCUT2D eigenvalue weighted by Gasteiger charge is -2.04. The molecule has 1 aliphatic rings. The SMILES string of the molecule is CC1=CSCC(C)=C1. The molecule has 0 bridgehead atoms. The number of thioether (sulfide) groups is 1. The average Bonchev–Trinajstić information content (AvgIpc) is 1.64. The van der Waals surface area contributed by atoms with E-state index < -0.39 is 0 Å². The molecule has 8 heavy (non-hydrogen) atoms. The molecule has 0 aromatic rings. The Kier molecular flexibility index (Phi) is 1.79. The normalized spacial score (nSPS) is 19.8. The molecular weight excluding hydrogens is 116 g/mol. The molecule has 0 spiro atoms. The van der Waals surface area contributed by atoms with Crippen molar-refractivity contribution < 1.29 is 0 Å². The van der Waals surface area contributed by atoms with Crippen LogP contribution in [0.1, 0.15) is 13.8 Å². The predicted molar refractivity (Wildman–Crippen MR) is 40.0 cm³/mol. The molecule has 1 heteroatoms. The van der Waals surface area contributed by atoms with Gasteiger partial charge in [0, 0.05) is 5.75 Å². The van der Waals surface area contributed by atoms with Crippen molar-refractivity contribution in [1.82, 2.24) is 0 Å². The van der Waals surface area contributed by atoms with Crippen molar-refractivity contribution in [2.24, 2.45) is 0 Å². The Morgan fingerprint density at radius 1 is 1.50 bits per heavy atom. The Balaban J connectivity index is 2.69. The third kappa shape index (κ3) is 1.41. The largest absolute Gasteiger partial charge is 0.129 e. The van der Waals surface area contributed by atoms with Crippen LogP contribution in [-0.2, 0) is 0 Å². The first kappa shape index (κ1) is 5.96. The minimum Gasteiger partial charge on any atom is -0.129 e. The summed E-state index contributed by atoms with van der Waals surface area (Å²) in [6.45, 7) is 4.30. The zero-order valence-corrected chi connectivity index (χ0v) is 6.09. The maximum Gasteiger partial charge on any atom is 0.0185 e. The fourth-order valence-electron chi connectivity index (χ4n) is 0.769. The lowest BCUT2D eigenvalue weighted by Crippen LogP contribution is -1.85. The molecule has 0 amide bonds. The van der Waals surface area contributed by atoms with Gasteiger partial charge in [0.25, 0.3) is 0 Å². The highest BCUT2D eigenvalue weighted by Crippen LogP contribution is 2.18. The smallest absolute Gasteiger partial charge is 0.0185 e. The number of rotatable bonds is 0. The van der Waals surface area contributed by atoms with Crippen molar-refractivity contribution in [2.45, 2.75) is 13.8 Å². The summed E-state index contributed by atoms with van der Waals surface area (Å²) in [6.07, 6.45) is 2.23. The van der Waals surface area contributed by atoms with Crippen molar-refractivity contribution in [2.75, 3.05) is 5.75 Å². The van der Waals surface area contributed by atoms with Gasteiger partial charge < -0.3 is 0 Å². The average molecular weight is 126 g/mol. The van der Waals surface area contributed by atoms with Gasteiger partial charge >= 0.3 is 0 Å². The molecular formula is C7H10S. The summed E-state index contributed by atoms with van der Waals surface area (Å²) in [6, 6.07) is 0. The summed E-state index contributed by atoms with van der Waals surface area (Å²) < 4.78 is 0. The fraction of sp³-hybridized carbons (Fsp3) is 0.429. The van der Waals surface area contributed by atoms with Gasteiger partial charge in [-0.2, -0.15) is 0 Å². The Bertz CT molecular complexity index is 142. The van der Waals surface area contributed by atoms with E-state index in [1.54, 1.807) is 0 Å². The Morgan fingerprint density at radius 2 is 2.25 bits per heavy atom. The van der Waals surface area contributed by atoms with Crippen LogP contribution in [0.3, 0.4) is 0 Å². The lowest BCUT2D eigenvalue weighted by atomic mass is 10.2. The second kappa shape index (κ2) is 2.40. The molecule has 0 aromatic carbocycles. The first-order valence-electron chi connectivity index (χ1n) is 2.74. The van der Waals surface area contributed by atoms with E-state index in [0.29, 0.717) is 0 Å². The molecule has 0 fully saturated rings. The van der Waals surface area contributed by atoms with Crippen molar-refractivity contribution in [3.05, 3.63) is 22.6 Å². The fourth-order valence-corrected chi connectivity index (χ4v) is 1.53. The maximum atomic E-state index is 2.23. The minimum atomic E-state index is 1.18. The van der Waals surface area contributed by atoms with E-state index in [4.69, 9.17) is 0 Å².